The molecule has 0 aliphatic carbocycles. The molecule has 0 aromatic heterocycles. The standard InChI is InChI=1S/C61H108O6/c1-4-7-10-13-16-19-22-25-28-30-31-32-34-36-39-42-45-48-51-54-60(63)66-57-58(56-65-59(62)53-50-47-44-41-38-35-27-24-21-18-15-12-9-6-3)67-61(64)55-52-49-46-43-40-37-33-29-26-23-20-17-14-11-8-5-2/h8,11,17,20,26,29-31,37,40,58H,4-7,9-10,12-16,18-19,21-25,27-28,32-36,38-39,41-57H2,1-3H3/b11-8-,20-17-,29-26-,31-30-,40-37-. The van der Waals surface area contributed by atoms with Crippen LogP contribution in [0.5, 0.6) is 0 Å². The van der Waals surface area contributed by atoms with Gasteiger partial charge in [0.05, 0.1) is 0 Å². The highest BCUT2D eigenvalue weighted by Crippen LogP contribution is 2.16. The summed E-state index contributed by atoms with van der Waals surface area (Å²) in [5, 5.41) is 0. The van der Waals surface area contributed by atoms with E-state index in [2.05, 4.69) is 81.5 Å². The molecule has 388 valence electrons. The summed E-state index contributed by atoms with van der Waals surface area (Å²) in [7, 11) is 0. The number of esters is 3. The molecule has 67 heavy (non-hydrogen) atoms. The SMILES string of the molecule is CC/C=C\C/C=C\C/C=C\C/C=C\CCCCCC(=O)OC(COC(=O)CCCCCCCCC/C=C\CCCCCCCCCC)COC(=O)CCCCCCCCCCCCCCCC. The number of rotatable bonds is 52. The molecule has 0 aromatic carbocycles. The molecule has 0 amide bonds. The van der Waals surface area contributed by atoms with Gasteiger partial charge < -0.3 is 14.2 Å². The lowest BCUT2D eigenvalue weighted by atomic mass is 10.0. The lowest BCUT2D eigenvalue weighted by molar-refractivity contribution is -0.167. The summed E-state index contributed by atoms with van der Waals surface area (Å²) < 4.78 is 16.8. The fraction of sp³-hybridized carbons (Fsp3) is 0.787. The van der Waals surface area contributed by atoms with Crippen molar-refractivity contribution < 1.29 is 28.6 Å². The lowest BCUT2D eigenvalue weighted by Crippen LogP contribution is -2.30. The largest absolute Gasteiger partial charge is 0.462 e. The lowest BCUT2D eigenvalue weighted by Gasteiger charge is -2.18. The van der Waals surface area contributed by atoms with Crippen molar-refractivity contribution in [3.05, 3.63) is 60.8 Å². The predicted octanol–water partition coefficient (Wildman–Crippen LogP) is 19.2. The Balaban J connectivity index is 4.40. The Labute approximate surface area is 415 Å². The highest BCUT2D eigenvalue weighted by atomic mass is 16.6. The van der Waals surface area contributed by atoms with Gasteiger partial charge in [0.15, 0.2) is 6.10 Å². The van der Waals surface area contributed by atoms with E-state index in [0.717, 1.165) is 89.9 Å². The molecule has 0 N–H and O–H groups in total. The second-order valence-electron chi connectivity index (χ2n) is 19.2. The third-order valence-electron chi connectivity index (χ3n) is 12.5. The molecule has 0 aliphatic heterocycles. The maximum absolute atomic E-state index is 12.8. The maximum Gasteiger partial charge on any atom is 0.306 e. The molecule has 0 saturated heterocycles. The molecular weight excluding hydrogens is 829 g/mol. The first-order valence-electron chi connectivity index (χ1n) is 28.8. The molecule has 0 aliphatic rings. The second kappa shape index (κ2) is 55.7. The molecule has 0 spiro atoms. The molecule has 6 nitrogen and oxygen atoms in total. The Kier molecular flexibility index (Phi) is 53.3. The molecule has 0 aromatic rings. The van der Waals surface area contributed by atoms with E-state index in [0.29, 0.717) is 19.3 Å². The average molecular weight is 938 g/mol. The van der Waals surface area contributed by atoms with Crippen LogP contribution in [0.4, 0.5) is 0 Å². The van der Waals surface area contributed by atoms with Crippen LogP contribution in [0.1, 0.15) is 290 Å². The predicted molar refractivity (Wildman–Crippen MR) is 288 cm³/mol. The second-order valence-corrected chi connectivity index (χ2v) is 19.2. The zero-order chi connectivity index (χ0) is 48.6. The fourth-order valence-electron chi connectivity index (χ4n) is 8.19. The van der Waals surface area contributed by atoms with Gasteiger partial charge in [-0.2, -0.15) is 0 Å². The quantitative estimate of drug-likeness (QED) is 0.0262. The van der Waals surface area contributed by atoms with Crippen molar-refractivity contribution in [1.29, 1.82) is 0 Å². The monoisotopic (exact) mass is 937 g/mol. The molecule has 0 fully saturated rings. The number of ether oxygens (including phenoxy) is 3. The van der Waals surface area contributed by atoms with E-state index >= 15 is 0 Å². The van der Waals surface area contributed by atoms with Crippen LogP contribution in [-0.4, -0.2) is 37.2 Å². The summed E-state index contributed by atoms with van der Waals surface area (Å²) in [6, 6.07) is 0. The Morgan fingerprint density at radius 2 is 0.582 bits per heavy atom. The highest BCUT2D eigenvalue weighted by Gasteiger charge is 2.19. The summed E-state index contributed by atoms with van der Waals surface area (Å²) in [5.41, 5.74) is 0. The molecule has 6 heteroatoms. The topological polar surface area (TPSA) is 78.9 Å². The van der Waals surface area contributed by atoms with Crippen LogP contribution in [0.3, 0.4) is 0 Å². The zero-order valence-corrected chi connectivity index (χ0v) is 44.4. The van der Waals surface area contributed by atoms with Gasteiger partial charge >= 0.3 is 17.9 Å². The number of hydrogen-bond donors (Lipinski definition) is 0. The number of carbonyl (C=O) groups excluding carboxylic acids is 3. The van der Waals surface area contributed by atoms with Crippen LogP contribution in [0.15, 0.2) is 60.8 Å². The first kappa shape index (κ1) is 64.1. The van der Waals surface area contributed by atoms with Gasteiger partial charge in [0.2, 0.25) is 0 Å². The van der Waals surface area contributed by atoms with Crippen LogP contribution in [0.25, 0.3) is 0 Å². The first-order valence-corrected chi connectivity index (χ1v) is 28.8. The smallest absolute Gasteiger partial charge is 0.306 e. The van der Waals surface area contributed by atoms with Crippen LogP contribution in [0.2, 0.25) is 0 Å². The van der Waals surface area contributed by atoms with Gasteiger partial charge in [-0.3, -0.25) is 14.4 Å². The summed E-state index contributed by atoms with van der Waals surface area (Å²) in [4.78, 5) is 38.1. The van der Waals surface area contributed by atoms with Gasteiger partial charge in [-0.05, 0) is 83.5 Å². The molecule has 1 unspecified atom stereocenters. The number of allylic oxidation sites excluding steroid dienone is 10. The summed E-state index contributed by atoms with van der Waals surface area (Å²) in [6.07, 6.45) is 69.2. The molecule has 1 atom stereocenters. The van der Waals surface area contributed by atoms with Gasteiger partial charge in [-0.1, -0.05) is 248 Å². The Morgan fingerprint density at radius 1 is 0.313 bits per heavy atom. The van der Waals surface area contributed by atoms with E-state index in [-0.39, 0.29) is 31.1 Å². The van der Waals surface area contributed by atoms with E-state index in [1.165, 1.54) is 161 Å². The molecule has 0 saturated carbocycles. The van der Waals surface area contributed by atoms with Crippen LogP contribution in [0, 0.1) is 0 Å². The van der Waals surface area contributed by atoms with Gasteiger partial charge in [-0.25, -0.2) is 0 Å². The zero-order valence-electron chi connectivity index (χ0n) is 44.4. The third-order valence-corrected chi connectivity index (χ3v) is 12.5. The van der Waals surface area contributed by atoms with Crippen molar-refractivity contribution in [2.24, 2.45) is 0 Å². The number of unbranched alkanes of at least 4 members (excludes halogenated alkanes) is 31. The molecule has 0 radical (unpaired) electrons. The minimum Gasteiger partial charge on any atom is -0.462 e. The van der Waals surface area contributed by atoms with Crippen molar-refractivity contribution in [2.45, 2.75) is 297 Å². The van der Waals surface area contributed by atoms with Gasteiger partial charge in [0.1, 0.15) is 13.2 Å². The van der Waals surface area contributed by atoms with Crippen molar-refractivity contribution in [2.75, 3.05) is 13.2 Å². The van der Waals surface area contributed by atoms with E-state index < -0.39 is 6.10 Å². The number of hydrogen-bond acceptors (Lipinski definition) is 6. The summed E-state index contributed by atoms with van der Waals surface area (Å²) in [5.74, 6) is -0.910. The summed E-state index contributed by atoms with van der Waals surface area (Å²) in [6.45, 7) is 6.52. The van der Waals surface area contributed by atoms with Gasteiger partial charge in [0.25, 0.3) is 0 Å². The van der Waals surface area contributed by atoms with Gasteiger partial charge in [0, 0.05) is 19.3 Å². The third kappa shape index (κ3) is 53.9. The summed E-state index contributed by atoms with van der Waals surface area (Å²) >= 11 is 0. The van der Waals surface area contributed by atoms with Gasteiger partial charge in [-0.15, -0.1) is 0 Å². The van der Waals surface area contributed by atoms with Crippen molar-refractivity contribution in [1.82, 2.24) is 0 Å². The van der Waals surface area contributed by atoms with E-state index in [1.807, 2.05) is 0 Å². The maximum atomic E-state index is 12.8. The van der Waals surface area contributed by atoms with E-state index in [1.54, 1.807) is 0 Å². The molecular formula is C61H108O6. The first-order chi connectivity index (χ1) is 33.0. The Bertz CT molecular complexity index is 1210. The minimum atomic E-state index is -0.791. The molecule has 0 bridgehead atoms. The average Bonchev–Trinajstić information content (AvgIpc) is 3.33. The van der Waals surface area contributed by atoms with Crippen LogP contribution < -0.4 is 0 Å². The van der Waals surface area contributed by atoms with E-state index in [4.69, 9.17) is 14.2 Å². The minimum absolute atomic E-state index is 0.0860. The molecule has 0 rings (SSSR count). The normalized spacial score (nSPS) is 12.5. The van der Waals surface area contributed by atoms with Crippen molar-refractivity contribution in [3.63, 3.8) is 0 Å². The Morgan fingerprint density at radius 3 is 0.940 bits per heavy atom. The molecule has 0 heterocycles. The van der Waals surface area contributed by atoms with E-state index in [9.17, 15) is 14.4 Å². The number of carbonyl (C=O) groups is 3. The Hall–Kier alpha value is -2.89. The fourth-order valence-corrected chi connectivity index (χ4v) is 8.19. The highest BCUT2D eigenvalue weighted by molar-refractivity contribution is 5.71. The van der Waals surface area contributed by atoms with Crippen molar-refractivity contribution >= 4 is 17.9 Å². The van der Waals surface area contributed by atoms with Crippen molar-refractivity contribution in [3.8, 4) is 0 Å². The van der Waals surface area contributed by atoms with Crippen LogP contribution in [-0.2, 0) is 28.6 Å². The van der Waals surface area contributed by atoms with Crippen LogP contribution >= 0.6 is 0 Å².